The van der Waals surface area contributed by atoms with Gasteiger partial charge in [-0.25, -0.2) is 13.5 Å². The highest BCUT2D eigenvalue weighted by atomic mass is 19.3. The molecule has 184 valence electrons. The average molecular weight is 490 g/mol. The first kappa shape index (κ1) is 23.7. The van der Waals surface area contributed by atoms with E-state index in [9.17, 15) is 14.0 Å². The van der Waals surface area contributed by atoms with E-state index in [0.717, 1.165) is 36.0 Å². The van der Waals surface area contributed by atoms with Crippen LogP contribution in [0.3, 0.4) is 0 Å². The Morgan fingerprint density at radius 2 is 1.86 bits per heavy atom. The van der Waals surface area contributed by atoms with Crippen molar-refractivity contribution in [2.45, 2.75) is 65.0 Å². The lowest BCUT2D eigenvalue weighted by Gasteiger charge is -2.66. The maximum Gasteiger partial charge on any atom is 0.240 e. The number of nitrogens with zero attached hydrogens (tertiary/aromatic N) is 6. The number of fused-ring (bicyclic) bond motifs is 1. The minimum atomic E-state index is -2.46. The molecule has 0 radical (unpaired) electrons. The molecule has 0 atom stereocenters. The highest BCUT2D eigenvalue weighted by Crippen LogP contribution is 2.67. The van der Waals surface area contributed by atoms with E-state index in [1.807, 2.05) is 32.0 Å². The Hall–Kier alpha value is -4.05. The third-order valence-corrected chi connectivity index (χ3v) is 6.97. The lowest BCUT2D eigenvalue weighted by molar-refractivity contribution is -0.0665. The fourth-order valence-electron chi connectivity index (χ4n) is 5.46. The molecule has 10 heteroatoms. The summed E-state index contributed by atoms with van der Waals surface area (Å²) in [6.45, 7) is 5.60. The molecule has 0 spiro atoms. The van der Waals surface area contributed by atoms with Crippen LogP contribution in [0.4, 0.5) is 14.7 Å². The second-order valence-corrected chi connectivity index (χ2v) is 9.92. The van der Waals surface area contributed by atoms with Crippen molar-refractivity contribution in [1.29, 1.82) is 10.5 Å². The molecule has 1 aromatic carbocycles. The standard InChI is InChI=1S/C26H25F2N7O/c1-15-9-18(5-4-7-29)10-16(2)21(15)36-23-20-17(3)34-35(8-6-19(27)28)22(20)31-24(32-23)33-26-11-25(12-26,13-26)14-30/h4-5,9-10,19H,6,8,11-13H2,1-3H3,(H,31,32,33)/b5-4+. The van der Waals surface area contributed by atoms with Crippen LogP contribution in [0.5, 0.6) is 11.6 Å². The Morgan fingerprint density at radius 3 is 2.47 bits per heavy atom. The summed E-state index contributed by atoms with van der Waals surface area (Å²) in [4.78, 5) is 9.31. The molecule has 8 nitrogen and oxygen atoms in total. The van der Waals surface area contributed by atoms with Gasteiger partial charge in [0, 0.05) is 24.6 Å². The Kier molecular flexibility index (Phi) is 5.63. The predicted molar refractivity (Wildman–Crippen MR) is 130 cm³/mol. The molecule has 2 bridgehead atoms. The van der Waals surface area contributed by atoms with Crippen molar-refractivity contribution in [1.82, 2.24) is 19.7 Å². The molecule has 3 aliphatic rings. The van der Waals surface area contributed by atoms with Crippen LogP contribution in [0.15, 0.2) is 18.2 Å². The summed E-state index contributed by atoms with van der Waals surface area (Å²) < 4.78 is 33.8. The number of benzene rings is 1. The molecule has 3 aliphatic carbocycles. The highest BCUT2D eigenvalue weighted by Gasteiger charge is 2.69. The number of aryl methyl sites for hydroxylation is 4. The van der Waals surface area contributed by atoms with Gasteiger partial charge in [-0.2, -0.15) is 25.6 Å². The average Bonchev–Trinajstić information content (AvgIpc) is 3.10. The zero-order chi connectivity index (χ0) is 25.7. The number of ether oxygens (including phenoxy) is 1. The number of hydrogen-bond acceptors (Lipinski definition) is 7. The molecule has 1 N–H and O–H groups in total. The van der Waals surface area contributed by atoms with Crippen molar-refractivity contribution < 1.29 is 13.5 Å². The van der Waals surface area contributed by atoms with Crippen LogP contribution >= 0.6 is 0 Å². The number of aromatic nitrogens is 4. The summed E-state index contributed by atoms with van der Waals surface area (Å²) in [5, 5.41) is 26.6. The van der Waals surface area contributed by atoms with Gasteiger partial charge < -0.3 is 10.1 Å². The molecule has 3 aromatic rings. The van der Waals surface area contributed by atoms with E-state index in [0.29, 0.717) is 28.4 Å². The summed E-state index contributed by atoms with van der Waals surface area (Å²) >= 11 is 0. The minimum absolute atomic E-state index is 0.0125. The van der Waals surface area contributed by atoms with Gasteiger partial charge in [-0.05, 0) is 74.9 Å². The molecule has 2 heterocycles. The third kappa shape index (κ3) is 4.03. The van der Waals surface area contributed by atoms with Gasteiger partial charge in [-0.3, -0.25) is 0 Å². The van der Waals surface area contributed by atoms with Gasteiger partial charge in [0.25, 0.3) is 0 Å². The number of rotatable bonds is 8. The molecule has 0 amide bonds. The van der Waals surface area contributed by atoms with E-state index in [1.54, 1.807) is 13.0 Å². The topological polar surface area (TPSA) is 112 Å². The molecule has 3 fully saturated rings. The second-order valence-electron chi connectivity index (χ2n) is 9.92. The fraction of sp³-hybridized carbons (Fsp3) is 0.423. The third-order valence-electron chi connectivity index (χ3n) is 6.97. The van der Waals surface area contributed by atoms with Crippen LogP contribution in [0, 0.1) is 48.8 Å². The number of allylic oxidation sites excluding steroid dienone is 1. The summed E-state index contributed by atoms with van der Waals surface area (Å²) in [5.74, 6) is 1.23. The molecule has 0 saturated heterocycles. The number of anilines is 1. The Labute approximate surface area is 207 Å². The molecule has 0 aliphatic heterocycles. The van der Waals surface area contributed by atoms with Crippen LogP contribution in [0.2, 0.25) is 0 Å². The van der Waals surface area contributed by atoms with Gasteiger partial charge in [-0.15, -0.1) is 0 Å². The summed E-state index contributed by atoms with van der Waals surface area (Å²) in [7, 11) is 0. The van der Waals surface area contributed by atoms with Gasteiger partial charge >= 0.3 is 0 Å². The number of hydrogen-bond donors (Lipinski definition) is 1. The molecule has 2 aromatic heterocycles. The van der Waals surface area contributed by atoms with E-state index in [-0.39, 0.29) is 29.8 Å². The van der Waals surface area contributed by atoms with E-state index in [4.69, 9.17) is 10.00 Å². The van der Waals surface area contributed by atoms with Crippen molar-refractivity contribution in [2.24, 2.45) is 5.41 Å². The van der Waals surface area contributed by atoms with Crippen LogP contribution < -0.4 is 10.1 Å². The molecular formula is C26H25F2N7O. The van der Waals surface area contributed by atoms with Crippen LogP contribution in [-0.4, -0.2) is 31.7 Å². The van der Waals surface area contributed by atoms with Gasteiger partial charge in [0.1, 0.15) is 11.1 Å². The maximum atomic E-state index is 13.0. The normalized spacial score (nSPS) is 22.2. The number of alkyl halides is 2. The zero-order valence-electron chi connectivity index (χ0n) is 20.3. The molecule has 3 saturated carbocycles. The van der Waals surface area contributed by atoms with Gasteiger partial charge in [0.05, 0.1) is 23.2 Å². The maximum absolute atomic E-state index is 13.0. The van der Waals surface area contributed by atoms with Crippen LogP contribution in [0.1, 0.15) is 48.1 Å². The summed E-state index contributed by atoms with van der Waals surface area (Å²) in [6.07, 6.45) is 2.53. The molecular weight excluding hydrogens is 464 g/mol. The van der Waals surface area contributed by atoms with Gasteiger partial charge in [0.2, 0.25) is 18.3 Å². The second kappa shape index (κ2) is 8.56. The van der Waals surface area contributed by atoms with E-state index in [1.165, 1.54) is 10.8 Å². The van der Waals surface area contributed by atoms with Crippen molar-refractivity contribution in [3.8, 4) is 23.8 Å². The monoisotopic (exact) mass is 489 g/mol. The van der Waals surface area contributed by atoms with Crippen molar-refractivity contribution in [3.05, 3.63) is 40.6 Å². The van der Waals surface area contributed by atoms with E-state index in [2.05, 4.69) is 26.5 Å². The smallest absolute Gasteiger partial charge is 0.240 e. The highest BCUT2D eigenvalue weighted by molar-refractivity contribution is 5.85. The Morgan fingerprint density at radius 1 is 1.17 bits per heavy atom. The van der Waals surface area contributed by atoms with Crippen LogP contribution in [0.25, 0.3) is 17.1 Å². The molecule has 6 rings (SSSR count). The van der Waals surface area contributed by atoms with Gasteiger partial charge in [-0.1, -0.05) is 0 Å². The SMILES string of the molecule is Cc1cc(/C=C/C#N)cc(C)c1Oc1nc(NC23CC(C#N)(C2)C3)nc2c1c(C)nn2CCC(F)F. The predicted octanol–water partition coefficient (Wildman–Crippen LogP) is 5.59. The lowest BCUT2D eigenvalue weighted by Crippen LogP contribution is -2.70. The number of nitriles is 2. The number of nitrogens with one attached hydrogen (secondary N) is 1. The van der Waals surface area contributed by atoms with Crippen molar-refractivity contribution in [3.63, 3.8) is 0 Å². The zero-order valence-corrected chi connectivity index (χ0v) is 20.3. The first-order chi connectivity index (χ1) is 17.2. The largest absolute Gasteiger partial charge is 0.437 e. The van der Waals surface area contributed by atoms with Gasteiger partial charge in [0.15, 0.2) is 5.65 Å². The van der Waals surface area contributed by atoms with Crippen molar-refractivity contribution in [2.75, 3.05) is 5.32 Å². The quantitative estimate of drug-likeness (QED) is 0.410. The fourth-order valence-corrected chi connectivity index (χ4v) is 5.46. The van der Waals surface area contributed by atoms with E-state index < -0.39 is 6.43 Å². The van der Waals surface area contributed by atoms with E-state index >= 15 is 0 Å². The molecule has 36 heavy (non-hydrogen) atoms. The van der Waals surface area contributed by atoms with Crippen molar-refractivity contribution >= 4 is 23.1 Å². The van der Waals surface area contributed by atoms with Crippen LogP contribution in [-0.2, 0) is 6.54 Å². The number of halogens is 2. The molecule has 0 unspecified atom stereocenters. The summed E-state index contributed by atoms with van der Waals surface area (Å²) in [5.41, 5.74) is 3.12. The lowest BCUT2D eigenvalue weighted by atomic mass is 9.40. The first-order valence-corrected chi connectivity index (χ1v) is 11.7. The first-order valence-electron chi connectivity index (χ1n) is 11.7. The Balaban J connectivity index is 1.55. The minimum Gasteiger partial charge on any atom is -0.437 e. The summed E-state index contributed by atoms with van der Waals surface area (Å²) in [6, 6.07) is 8.20. The Bertz CT molecular complexity index is 1440.